The minimum atomic E-state index is -0.525. The molecule has 1 atom stereocenters. The number of H-pyrrole nitrogens is 1. The first-order valence-electron chi connectivity index (χ1n) is 9.42. The van der Waals surface area contributed by atoms with Crippen molar-refractivity contribution in [1.29, 1.82) is 0 Å². The van der Waals surface area contributed by atoms with Gasteiger partial charge in [0, 0.05) is 5.69 Å². The smallest absolute Gasteiger partial charge is 0.412 e. The number of hydrogen-bond acceptors (Lipinski definition) is 6. The van der Waals surface area contributed by atoms with E-state index in [1.54, 1.807) is 6.33 Å². The van der Waals surface area contributed by atoms with Crippen LogP contribution >= 0.6 is 0 Å². The minimum absolute atomic E-state index is 0.140. The van der Waals surface area contributed by atoms with Crippen LogP contribution in [0.5, 0.6) is 0 Å². The number of aromatic amines is 1. The zero-order chi connectivity index (χ0) is 19.7. The van der Waals surface area contributed by atoms with Crippen LogP contribution < -0.4 is 10.6 Å². The molecule has 0 fully saturated rings. The predicted octanol–water partition coefficient (Wildman–Crippen LogP) is 4.19. The van der Waals surface area contributed by atoms with E-state index in [1.165, 1.54) is 17.5 Å². The lowest BCUT2D eigenvalue weighted by Crippen LogP contribution is -2.27. The van der Waals surface area contributed by atoms with Gasteiger partial charge in [0.1, 0.15) is 17.4 Å². The Balaban J connectivity index is 1.53. The van der Waals surface area contributed by atoms with Crippen molar-refractivity contribution in [1.82, 2.24) is 19.9 Å². The van der Waals surface area contributed by atoms with E-state index < -0.39 is 11.7 Å². The molecule has 0 spiro atoms. The summed E-state index contributed by atoms with van der Waals surface area (Å²) in [7, 11) is 0. The van der Waals surface area contributed by atoms with E-state index in [1.807, 2.05) is 32.9 Å². The number of benzene rings is 1. The van der Waals surface area contributed by atoms with Gasteiger partial charge in [-0.15, -0.1) is 0 Å². The summed E-state index contributed by atoms with van der Waals surface area (Å²) in [5.74, 6) is 0.747. The molecule has 0 radical (unpaired) electrons. The fourth-order valence-corrected chi connectivity index (χ4v) is 3.50. The van der Waals surface area contributed by atoms with Crippen molar-refractivity contribution in [3.63, 3.8) is 0 Å². The van der Waals surface area contributed by atoms with Gasteiger partial charge in [-0.1, -0.05) is 6.07 Å². The summed E-state index contributed by atoms with van der Waals surface area (Å²) in [5, 5.41) is 6.34. The van der Waals surface area contributed by atoms with Gasteiger partial charge < -0.3 is 15.0 Å². The molecule has 0 bridgehead atoms. The average Bonchev–Trinajstić information content (AvgIpc) is 3.10. The number of fused-ring (bicyclic) bond motifs is 2. The number of nitrogens with one attached hydrogen (secondary N) is 3. The molecule has 4 rings (SSSR count). The van der Waals surface area contributed by atoms with Crippen molar-refractivity contribution in [3.05, 3.63) is 42.0 Å². The number of ether oxygens (including phenoxy) is 1. The predicted molar refractivity (Wildman–Crippen MR) is 107 cm³/mol. The number of anilines is 2. The lowest BCUT2D eigenvalue weighted by atomic mass is 9.87. The van der Waals surface area contributed by atoms with Crippen LogP contribution in [0.3, 0.4) is 0 Å². The van der Waals surface area contributed by atoms with Gasteiger partial charge in [-0.05, 0) is 63.3 Å². The second-order valence-corrected chi connectivity index (χ2v) is 7.95. The molecule has 146 valence electrons. The van der Waals surface area contributed by atoms with Gasteiger partial charge in [-0.25, -0.2) is 19.7 Å². The van der Waals surface area contributed by atoms with Crippen molar-refractivity contribution >= 4 is 28.8 Å². The van der Waals surface area contributed by atoms with Crippen LogP contribution in [0.25, 0.3) is 11.2 Å². The summed E-state index contributed by atoms with van der Waals surface area (Å²) in [6.07, 6.45) is 5.72. The molecule has 1 amide bonds. The fraction of sp³-hybridized carbons (Fsp3) is 0.400. The van der Waals surface area contributed by atoms with E-state index in [4.69, 9.17) is 4.74 Å². The Labute approximate surface area is 163 Å². The van der Waals surface area contributed by atoms with Gasteiger partial charge in [0.05, 0.1) is 12.4 Å². The zero-order valence-corrected chi connectivity index (χ0v) is 16.2. The highest BCUT2D eigenvalue weighted by atomic mass is 16.6. The Kier molecular flexibility index (Phi) is 4.62. The lowest BCUT2D eigenvalue weighted by Gasteiger charge is -2.27. The maximum Gasteiger partial charge on any atom is 0.412 e. The quantitative estimate of drug-likeness (QED) is 0.629. The molecule has 1 aliphatic carbocycles. The van der Waals surface area contributed by atoms with Gasteiger partial charge in [-0.2, -0.15) is 0 Å². The molecular weight excluding hydrogens is 356 g/mol. The molecule has 0 saturated carbocycles. The van der Waals surface area contributed by atoms with E-state index >= 15 is 0 Å². The Hall–Kier alpha value is -3.16. The number of nitrogens with zero attached hydrogens (tertiary/aromatic N) is 3. The second kappa shape index (κ2) is 7.10. The Bertz CT molecular complexity index is 1010. The van der Waals surface area contributed by atoms with Gasteiger partial charge in [0.25, 0.3) is 0 Å². The SMILES string of the molecule is CC(C)(C)OC(=O)Nc1ccc2c(c1)CCCC2Nc1ncnc2nc[nH]c12. The second-order valence-electron chi connectivity index (χ2n) is 7.95. The summed E-state index contributed by atoms with van der Waals surface area (Å²) in [6, 6.07) is 6.14. The molecule has 0 saturated heterocycles. The number of aromatic nitrogens is 4. The number of rotatable bonds is 3. The van der Waals surface area contributed by atoms with Crippen molar-refractivity contribution in [2.75, 3.05) is 10.6 Å². The molecule has 3 N–H and O–H groups in total. The number of aryl methyl sites for hydroxylation is 1. The van der Waals surface area contributed by atoms with Gasteiger partial charge in [0.2, 0.25) is 0 Å². The van der Waals surface area contributed by atoms with E-state index in [2.05, 4.69) is 36.6 Å². The third-order valence-corrected chi connectivity index (χ3v) is 4.64. The third kappa shape index (κ3) is 3.90. The molecule has 0 aliphatic heterocycles. The van der Waals surface area contributed by atoms with Gasteiger partial charge >= 0.3 is 6.09 Å². The topological polar surface area (TPSA) is 105 Å². The van der Waals surface area contributed by atoms with Crippen molar-refractivity contribution in [3.8, 4) is 0 Å². The van der Waals surface area contributed by atoms with E-state index in [0.29, 0.717) is 5.65 Å². The Morgan fingerprint density at radius 2 is 2.11 bits per heavy atom. The summed E-state index contributed by atoms with van der Waals surface area (Å²) < 4.78 is 5.33. The maximum atomic E-state index is 12.0. The van der Waals surface area contributed by atoms with E-state index in [9.17, 15) is 4.79 Å². The molecule has 2 heterocycles. The standard InChI is InChI=1S/C20H24N6O2/c1-20(2,3)28-19(27)25-13-7-8-14-12(9-13)5-4-6-15(14)26-18-16-17(22-10-21-16)23-11-24-18/h7-11,15H,4-6H2,1-3H3,(H,25,27)(H2,21,22,23,24,26). The molecule has 1 aliphatic rings. The molecular formula is C20H24N6O2. The minimum Gasteiger partial charge on any atom is -0.444 e. The number of carbonyl (C=O) groups excluding carboxylic acids is 1. The normalized spacial score (nSPS) is 16.5. The first-order valence-corrected chi connectivity index (χ1v) is 9.42. The van der Waals surface area contributed by atoms with Crippen molar-refractivity contribution in [2.24, 2.45) is 0 Å². The largest absolute Gasteiger partial charge is 0.444 e. The molecule has 28 heavy (non-hydrogen) atoms. The van der Waals surface area contributed by atoms with Crippen LogP contribution in [0.2, 0.25) is 0 Å². The number of amides is 1. The van der Waals surface area contributed by atoms with Crippen LogP contribution in [-0.2, 0) is 11.2 Å². The van der Waals surface area contributed by atoms with Gasteiger partial charge in [0.15, 0.2) is 11.5 Å². The summed E-state index contributed by atoms with van der Waals surface area (Å²) in [6.45, 7) is 5.54. The number of hydrogen-bond donors (Lipinski definition) is 3. The van der Waals surface area contributed by atoms with Crippen LogP contribution in [-0.4, -0.2) is 31.6 Å². The highest BCUT2D eigenvalue weighted by Crippen LogP contribution is 2.34. The monoisotopic (exact) mass is 380 g/mol. The average molecular weight is 380 g/mol. The first-order chi connectivity index (χ1) is 13.4. The summed E-state index contributed by atoms with van der Waals surface area (Å²) in [4.78, 5) is 27.8. The third-order valence-electron chi connectivity index (χ3n) is 4.64. The number of imidazole rings is 1. The first kappa shape index (κ1) is 18.2. The molecule has 8 heteroatoms. The maximum absolute atomic E-state index is 12.0. The highest BCUT2D eigenvalue weighted by Gasteiger charge is 2.23. The van der Waals surface area contributed by atoms with Crippen LogP contribution in [0.4, 0.5) is 16.3 Å². The molecule has 3 aromatic rings. The summed E-state index contributed by atoms with van der Waals surface area (Å²) in [5.41, 5.74) is 4.09. The van der Waals surface area contributed by atoms with Crippen molar-refractivity contribution < 1.29 is 9.53 Å². The highest BCUT2D eigenvalue weighted by molar-refractivity contribution is 5.85. The summed E-state index contributed by atoms with van der Waals surface area (Å²) >= 11 is 0. The molecule has 1 unspecified atom stereocenters. The van der Waals surface area contributed by atoms with Crippen LogP contribution in [0.15, 0.2) is 30.9 Å². The Morgan fingerprint density at radius 1 is 1.25 bits per heavy atom. The van der Waals surface area contributed by atoms with Gasteiger partial charge in [-0.3, -0.25) is 5.32 Å². The lowest BCUT2D eigenvalue weighted by molar-refractivity contribution is 0.0636. The fourth-order valence-electron chi connectivity index (χ4n) is 3.50. The molecule has 8 nitrogen and oxygen atoms in total. The Morgan fingerprint density at radius 3 is 2.93 bits per heavy atom. The zero-order valence-electron chi connectivity index (χ0n) is 16.2. The van der Waals surface area contributed by atoms with Crippen LogP contribution in [0.1, 0.15) is 50.8 Å². The number of carbonyl (C=O) groups is 1. The van der Waals surface area contributed by atoms with Crippen molar-refractivity contribution in [2.45, 2.75) is 51.7 Å². The molecule has 2 aromatic heterocycles. The molecule has 1 aromatic carbocycles. The van der Waals surface area contributed by atoms with Crippen LogP contribution in [0, 0.1) is 0 Å². The van der Waals surface area contributed by atoms with E-state index in [-0.39, 0.29) is 6.04 Å². The van der Waals surface area contributed by atoms with E-state index in [0.717, 1.165) is 36.3 Å².